The first kappa shape index (κ1) is 50.9. The van der Waals surface area contributed by atoms with E-state index >= 15 is 0 Å². The first-order valence-electron chi connectivity index (χ1n) is 22.1. The molecule has 6 aromatic heterocycles. The van der Waals surface area contributed by atoms with E-state index in [1.807, 2.05) is 82.3 Å². The number of fused-ring (bicyclic) bond motifs is 2. The first-order valence-corrected chi connectivity index (χ1v) is 22.4. The number of benzene rings is 4. The van der Waals surface area contributed by atoms with Crippen LogP contribution >= 0.6 is 11.6 Å². The fourth-order valence-corrected chi connectivity index (χ4v) is 7.59. The van der Waals surface area contributed by atoms with Gasteiger partial charge < -0.3 is 58.2 Å². The Morgan fingerprint density at radius 1 is 0.568 bits per heavy atom. The van der Waals surface area contributed by atoms with Crippen molar-refractivity contribution in [3.05, 3.63) is 151 Å². The molecule has 0 radical (unpaired) electrons. The van der Waals surface area contributed by atoms with Crippen LogP contribution in [-0.4, -0.2) is 121 Å². The minimum atomic E-state index is -1.50. The number of rotatable bonds is 16. The number of nitrogens with zero attached hydrogens (tertiary/aromatic N) is 10. The molecule has 0 atom stereocenters. The summed E-state index contributed by atoms with van der Waals surface area (Å²) in [5, 5.41) is 32.6. The van der Waals surface area contributed by atoms with Gasteiger partial charge in [-0.05, 0) is 47.4 Å². The fourth-order valence-electron chi connectivity index (χ4n) is 7.43. The summed E-state index contributed by atoms with van der Waals surface area (Å²) in [5.41, 5.74) is 5.19. The Morgan fingerprint density at radius 2 is 1.04 bits per heavy atom. The van der Waals surface area contributed by atoms with Crippen LogP contribution in [0.25, 0.3) is 33.8 Å². The van der Waals surface area contributed by atoms with Gasteiger partial charge >= 0.3 is 7.12 Å². The van der Waals surface area contributed by atoms with E-state index in [2.05, 4.69) is 35.8 Å². The Morgan fingerprint density at radius 3 is 1.51 bits per heavy atom. The van der Waals surface area contributed by atoms with Gasteiger partial charge in [-0.2, -0.15) is 4.98 Å². The second-order valence-electron chi connectivity index (χ2n) is 15.4. The molecule has 0 saturated carbocycles. The molecule has 0 unspecified atom stereocenters. The maximum atomic E-state index is 11.2. The molecule has 22 nitrogen and oxygen atoms in total. The highest BCUT2D eigenvalue weighted by atomic mass is 35.5. The van der Waals surface area contributed by atoms with Crippen LogP contribution in [0.4, 0.5) is 23.3 Å². The van der Waals surface area contributed by atoms with E-state index < -0.39 is 7.12 Å². The van der Waals surface area contributed by atoms with Crippen molar-refractivity contribution in [3.8, 4) is 57.3 Å². The molecule has 0 bridgehead atoms. The smallest absolute Gasteiger partial charge is 0.488 e. The lowest BCUT2D eigenvalue weighted by Gasteiger charge is -2.14. The third kappa shape index (κ3) is 11.3. The van der Waals surface area contributed by atoms with E-state index in [1.54, 1.807) is 101 Å². The number of methoxy groups -OCH3 is 6. The molecule has 376 valence electrons. The highest BCUT2D eigenvalue weighted by molar-refractivity contribution is 6.58. The molecule has 0 saturated heterocycles. The van der Waals surface area contributed by atoms with Crippen LogP contribution in [0, 0.1) is 0 Å². The van der Waals surface area contributed by atoms with E-state index in [9.17, 15) is 9.59 Å². The summed E-state index contributed by atoms with van der Waals surface area (Å²) < 4.78 is 39.5. The molecule has 4 N–H and O–H groups in total. The van der Waals surface area contributed by atoms with E-state index in [4.69, 9.17) is 55.1 Å². The average Bonchev–Trinajstić information content (AvgIpc) is 4.29. The van der Waals surface area contributed by atoms with Gasteiger partial charge in [-0.3, -0.25) is 9.59 Å². The average molecular weight is 1020 g/mol. The molecule has 6 heterocycles. The summed E-state index contributed by atoms with van der Waals surface area (Å²) in [4.78, 5) is 39.3. The maximum Gasteiger partial charge on any atom is 0.488 e. The van der Waals surface area contributed by atoms with Crippen LogP contribution in [0.2, 0.25) is 5.28 Å². The SMILES string of the molecule is COc1cc(-n2cnc(Nc3nc(-c4cccc(C=O)c4)nn4cccc34)c2)cc(OC)c1OC.COc1cc(-n2cnc(Nc3nc(Cl)nn4cccc34)c2)cc(OC)c1OC.O=Cc1cccc(B(O)O)c1. The minimum absolute atomic E-state index is 0.134. The molecule has 0 aliphatic rings. The quantitative estimate of drug-likeness (QED) is 0.0582. The van der Waals surface area contributed by atoms with Crippen LogP contribution < -0.4 is 44.5 Å². The van der Waals surface area contributed by atoms with E-state index in [0.29, 0.717) is 86.5 Å². The third-order valence-corrected chi connectivity index (χ3v) is 11.1. The number of nitrogens with one attached hydrogen (secondary N) is 2. The van der Waals surface area contributed by atoms with E-state index in [0.717, 1.165) is 34.3 Å². The van der Waals surface area contributed by atoms with Crippen molar-refractivity contribution in [3.63, 3.8) is 0 Å². The highest BCUT2D eigenvalue weighted by Gasteiger charge is 2.18. The molecule has 10 aromatic rings. The van der Waals surface area contributed by atoms with Crippen molar-refractivity contribution >= 4 is 71.1 Å². The Hall–Kier alpha value is -9.45. The lowest BCUT2D eigenvalue weighted by molar-refractivity contribution is 0.111. The Kier molecular flexibility index (Phi) is 16.0. The summed E-state index contributed by atoms with van der Waals surface area (Å²) in [6.45, 7) is 0. The number of aromatic nitrogens is 10. The zero-order valence-corrected chi connectivity index (χ0v) is 41.2. The topological polar surface area (TPSA) is 250 Å². The molecular weight excluding hydrogens is 975 g/mol. The van der Waals surface area contributed by atoms with Gasteiger partial charge in [-0.1, -0.05) is 42.5 Å². The summed E-state index contributed by atoms with van der Waals surface area (Å²) in [5.74, 6) is 6.00. The number of aldehydes is 2. The monoisotopic (exact) mass is 1020 g/mol. The predicted molar refractivity (Wildman–Crippen MR) is 276 cm³/mol. The lowest BCUT2D eigenvalue weighted by Crippen LogP contribution is -2.29. The van der Waals surface area contributed by atoms with Crippen molar-refractivity contribution in [1.82, 2.24) is 48.3 Å². The number of hydrogen-bond donors (Lipinski definition) is 4. The van der Waals surface area contributed by atoms with Crippen LogP contribution in [0.1, 0.15) is 20.7 Å². The highest BCUT2D eigenvalue weighted by Crippen LogP contribution is 2.41. The summed E-state index contributed by atoms with van der Waals surface area (Å²) in [6, 6.07) is 28.2. The second kappa shape index (κ2) is 23.2. The van der Waals surface area contributed by atoms with Crippen molar-refractivity contribution in [1.29, 1.82) is 0 Å². The van der Waals surface area contributed by atoms with Gasteiger partial charge in [0.15, 0.2) is 40.5 Å². The number of ether oxygens (including phenoxy) is 6. The van der Waals surface area contributed by atoms with Crippen LogP contribution in [0.3, 0.4) is 0 Å². The Labute approximate surface area is 427 Å². The van der Waals surface area contributed by atoms with Gasteiger partial charge in [-0.25, -0.2) is 24.0 Å². The van der Waals surface area contributed by atoms with Crippen LogP contribution in [0.15, 0.2) is 135 Å². The fraction of sp³-hybridized carbons (Fsp3) is 0.120. The minimum Gasteiger partial charge on any atom is -0.493 e. The van der Waals surface area contributed by atoms with E-state index in [-0.39, 0.29) is 5.28 Å². The Bertz CT molecular complexity index is 3530. The van der Waals surface area contributed by atoms with Gasteiger partial charge in [0.1, 0.15) is 47.9 Å². The number of anilines is 4. The standard InChI is InChI=1S/C25H22N6O4.C18H17ClN6O3.C7H7BO3/c1-33-20-11-18(12-21(34-2)23(20)35-3)30-13-22(26-15-30)27-25-19-8-5-9-31(19)29-24(28-25)17-7-4-6-16(10-17)14-32;1-26-13-7-11(8-14(27-2)16(13)28-3)24-9-15(20-10-24)21-17-12-5-4-6-25(12)23-18(19)22-17;9-5-6-2-1-3-7(4-6)8(10)11/h4-15H,1-3H3,(H,27,28,29);4-10H,1-3H3,(H,21,22,23);1-5,10-11H. The van der Waals surface area contributed by atoms with Gasteiger partial charge in [0.05, 0.1) is 66.4 Å². The van der Waals surface area contributed by atoms with Crippen molar-refractivity contribution in [2.24, 2.45) is 0 Å². The third-order valence-electron chi connectivity index (χ3n) is 10.9. The van der Waals surface area contributed by atoms with Crippen molar-refractivity contribution in [2.45, 2.75) is 0 Å². The van der Waals surface area contributed by atoms with Crippen LogP contribution in [-0.2, 0) is 0 Å². The zero-order chi connectivity index (χ0) is 52.3. The van der Waals surface area contributed by atoms with Gasteiger partial charge in [0.2, 0.25) is 16.8 Å². The van der Waals surface area contributed by atoms with E-state index in [1.165, 1.54) is 12.1 Å². The maximum absolute atomic E-state index is 11.2. The summed E-state index contributed by atoms with van der Waals surface area (Å²) >= 11 is 6.00. The van der Waals surface area contributed by atoms with Gasteiger partial charge in [0, 0.05) is 53.3 Å². The van der Waals surface area contributed by atoms with Gasteiger partial charge in [-0.15, -0.1) is 10.2 Å². The van der Waals surface area contributed by atoms with Crippen molar-refractivity contribution < 1.29 is 48.1 Å². The summed E-state index contributed by atoms with van der Waals surface area (Å²) in [7, 11) is 7.91. The number of carbonyl (C=O) groups is 2. The molecule has 0 aliphatic carbocycles. The van der Waals surface area contributed by atoms with Crippen molar-refractivity contribution in [2.75, 3.05) is 53.3 Å². The molecule has 0 spiro atoms. The molecule has 4 aromatic carbocycles. The van der Waals surface area contributed by atoms with Crippen LogP contribution in [0.5, 0.6) is 34.5 Å². The largest absolute Gasteiger partial charge is 0.493 e. The molecule has 74 heavy (non-hydrogen) atoms. The molecule has 10 rings (SSSR count). The number of hydrogen-bond acceptors (Lipinski definition) is 18. The number of imidazole rings is 2. The van der Waals surface area contributed by atoms with Gasteiger partial charge in [0.25, 0.3) is 0 Å². The molecule has 0 aliphatic heterocycles. The normalized spacial score (nSPS) is 10.6. The lowest BCUT2D eigenvalue weighted by atomic mass is 9.80. The molecule has 0 amide bonds. The number of halogens is 1. The first-order chi connectivity index (χ1) is 36.0. The molecular formula is C50H46BClN12O10. The second-order valence-corrected chi connectivity index (χ2v) is 15.8. The molecule has 0 fully saturated rings. The number of carbonyl (C=O) groups excluding carboxylic acids is 2. The predicted octanol–water partition coefficient (Wildman–Crippen LogP) is 6.68. The zero-order valence-electron chi connectivity index (χ0n) is 40.4. The Balaban J connectivity index is 0.000000166. The summed E-state index contributed by atoms with van der Waals surface area (Å²) in [6.07, 6.45) is 12.1. The molecule has 24 heteroatoms.